The lowest BCUT2D eigenvalue weighted by Crippen LogP contribution is -2.51. The maximum atomic E-state index is 13.3. The van der Waals surface area contributed by atoms with E-state index >= 15 is 0 Å². The molecule has 2 aromatic rings. The van der Waals surface area contributed by atoms with Crippen LogP contribution in [0.1, 0.15) is 69.4 Å². The van der Waals surface area contributed by atoms with E-state index in [4.69, 9.17) is 4.74 Å². The summed E-state index contributed by atoms with van der Waals surface area (Å²) in [4.78, 5) is 28.2. The molecule has 1 saturated carbocycles. The molecule has 0 aromatic heterocycles. The molecule has 0 radical (unpaired) electrons. The van der Waals surface area contributed by atoms with Gasteiger partial charge in [-0.15, -0.1) is 0 Å². The van der Waals surface area contributed by atoms with Gasteiger partial charge in [0.1, 0.15) is 11.8 Å². The number of hydrogen-bond acceptors (Lipinski definition) is 3. The molecule has 0 heterocycles. The topological polar surface area (TPSA) is 58.6 Å². The van der Waals surface area contributed by atoms with Crippen LogP contribution in [0.15, 0.2) is 54.6 Å². The molecule has 1 fully saturated rings. The maximum Gasteiger partial charge on any atom is 0.243 e. The minimum Gasteiger partial charge on any atom is -0.494 e. The molecule has 0 spiro atoms. The number of nitrogens with zero attached hydrogens (tertiary/aromatic N) is 1. The number of benzene rings is 2. The van der Waals surface area contributed by atoms with Gasteiger partial charge in [0.25, 0.3) is 0 Å². The molecule has 1 aliphatic carbocycles. The van der Waals surface area contributed by atoms with Gasteiger partial charge < -0.3 is 15.0 Å². The van der Waals surface area contributed by atoms with E-state index in [-0.39, 0.29) is 17.9 Å². The minimum absolute atomic E-state index is 0.00277. The Morgan fingerprint density at radius 3 is 2.39 bits per heavy atom. The third-order valence-corrected chi connectivity index (χ3v) is 6.36. The summed E-state index contributed by atoms with van der Waals surface area (Å²) in [7, 11) is 0. The normalized spacial score (nSPS) is 15.0. The smallest absolute Gasteiger partial charge is 0.243 e. The first-order chi connectivity index (χ1) is 16.1. The van der Waals surface area contributed by atoms with Gasteiger partial charge >= 0.3 is 0 Å². The number of hydrogen-bond donors (Lipinski definition) is 1. The highest BCUT2D eigenvalue weighted by atomic mass is 16.5. The molecule has 2 aromatic carbocycles. The summed E-state index contributed by atoms with van der Waals surface area (Å²) in [6.45, 7) is 4.93. The van der Waals surface area contributed by atoms with E-state index in [0.29, 0.717) is 32.4 Å². The van der Waals surface area contributed by atoms with Crippen LogP contribution < -0.4 is 10.1 Å². The first-order valence-electron chi connectivity index (χ1n) is 12.4. The van der Waals surface area contributed by atoms with E-state index in [1.54, 1.807) is 4.90 Å². The summed E-state index contributed by atoms with van der Waals surface area (Å²) < 4.78 is 5.79. The van der Waals surface area contributed by atoms with Gasteiger partial charge in [0.2, 0.25) is 11.8 Å². The number of aryl methyl sites for hydroxylation is 1. The highest BCUT2D eigenvalue weighted by Crippen LogP contribution is 2.20. The minimum atomic E-state index is -0.461. The van der Waals surface area contributed by atoms with Crippen molar-refractivity contribution in [2.75, 3.05) is 6.61 Å². The monoisotopic (exact) mass is 450 g/mol. The molecule has 1 aliphatic rings. The first-order valence-corrected chi connectivity index (χ1v) is 12.4. The summed E-state index contributed by atoms with van der Waals surface area (Å²) in [5.74, 6) is 0.786. The van der Waals surface area contributed by atoms with Crippen molar-refractivity contribution in [3.63, 3.8) is 0 Å². The zero-order chi connectivity index (χ0) is 23.5. The zero-order valence-corrected chi connectivity index (χ0v) is 20.1. The fourth-order valence-corrected chi connectivity index (χ4v) is 4.44. The van der Waals surface area contributed by atoms with E-state index < -0.39 is 6.04 Å². The SMILES string of the molecule is CC[C@@H](C(=O)NC1CCCCC1)N(Cc1ccccc1)C(=O)CCCOc1ccc(C)cc1. The van der Waals surface area contributed by atoms with Gasteiger partial charge in [-0.25, -0.2) is 0 Å². The molecule has 5 nitrogen and oxygen atoms in total. The standard InChI is InChI=1S/C28H38N2O3/c1-3-26(28(32)29-24-13-8-5-9-14-24)30(21-23-11-6-4-7-12-23)27(31)15-10-20-33-25-18-16-22(2)17-19-25/h4,6-7,11-12,16-19,24,26H,3,5,8-10,13-15,20-21H2,1-2H3,(H,29,32)/t26-/m0/s1. The average Bonchev–Trinajstić information content (AvgIpc) is 2.84. The maximum absolute atomic E-state index is 13.3. The highest BCUT2D eigenvalue weighted by Gasteiger charge is 2.30. The van der Waals surface area contributed by atoms with Crippen molar-refractivity contribution in [2.45, 2.75) is 83.8 Å². The molecule has 178 valence electrons. The third kappa shape index (κ3) is 7.92. The van der Waals surface area contributed by atoms with E-state index in [1.165, 1.54) is 12.0 Å². The lowest BCUT2D eigenvalue weighted by Gasteiger charge is -2.33. The fraction of sp³-hybridized carbons (Fsp3) is 0.500. The van der Waals surface area contributed by atoms with Crippen molar-refractivity contribution in [1.29, 1.82) is 0 Å². The van der Waals surface area contributed by atoms with Gasteiger partial charge in [-0.05, 0) is 50.3 Å². The van der Waals surface area contributed by atoms with Crippen molar-refractivity contribution in [3.8, 4) is 5.75 Å². The molecule has 3 rings (SSSR count). The van der Waals surface area contributed by atoms with Crippen LogP contribution in [0.2, 0.25) is 0 Å². The molecule has 0 unspecified atom stereocenters. The predicted octanol–water partition coefficient (Wildman–Crippen LogP) is 5.41. The fourth-order valence-electron chi connectivity index (χ4n) is 4.44. The van der Waals surface area contributed by atoms with Crippen molar-refractivity contribution in [2.24, 2.45) is 0 Å². The number of carbonyl (C=O) groups is 2. The Bertz CT molecular complexity index is 860. The van der Waals surface area contributed by atoms with Gasteiger partial charge in [-0.2, -0.15) is 0 Å². The Morgan fingerprint density at radius 1 is 1.03 bits per heavy atom. The molecule has 1 N–H and O–H groups in total. The van der Waals surface area contributed by atoms with E-state index in [9.17, 15) is 9.59 Å². The molecule has 0 saturated heterocycles. The van der Waals surface area contributed by atoms with Crippen LogP contribution in [0.5, 0.6) is 5.75 Å². The molecule has 0 bridgehead atoms. The number of ether oxygens (including phenoxy) is 1. The molecule has 2 amide bonds. The van der Waals surface area contributed by atoms with Crippen LogP contribution in [0.4, 0.5) is 0 Å². The van der Waals surface area contributed by atoms with Crippen LogP contribution in [-0.2, 0) is 16.1 Å². The average molecular weight is 451 g/mol. The second kappa shape index (κ2) is 13.0. The third-order valence-electron chi connectivity index (χ3n) is 6.36. The Morgan fingerprint density at radius 2 is 1.73 bits per heavy atom. The van der Waals surface area contributed by atoms with E-state index in [0.717, 1.165) is 37.0 Å². The van der Waals surface area contributed by atoms with Crippen molar-refractivity contribution in [3.05, 3.63) is 65.7 Å². The van der Waals surface area contributed by atoms with Crippen molar-refractivity contribution < 1.29 is 14.3 Å². The number of nitrogens with one attached hydrogen (secondary N) is 1. The zero-order valence-electron chi connectivity index (χ0n) is 20.1. The summed E-state index contributed by atoms with van der Waals surface area (Å²) in [5, 5.41) is 3.23. The molecule has 5 heteroatoms. The largest absolute Gasteiger partial charge is 0.494 e. The van der Waals surface area contributed by atoms with Crippen LogP contribution in [-0.4, -0.2) is 35.4 Å². The quantitative estimate of drug-likeness (QED) is 0.466. The summed E-state index contributed by atoms with van der Waals surface area (Å²) in [6, 6.07) is 17.6. The molecule has 0 aliphatic heterocycles. The van der Waals surface area contributed by atoms with Crippen molar-refractivity contribution >= 4 is 11.8 Å². The van der Waals surface area contributed by atoms with Gasteiger partial charge in [0, 0.05) is 19.0 Å². The lowest BCUT2D eigenvalue weighted by molar-refractivity contribution is -0.142. The van der Waals surface area contributed by atoms with Crippen LogP contribution in [0.3, 0.4) is 0 Å². The van der Waals surface area contributed by atoms with Gasteiger partial charge in [0.05, 0.1) is 6.61 Å². The Kier molecular flexibility index (Phi) is 9.79. The number of amides is 2. The van der Waals surface area contributed by atoms with Gasteiger partial charge in [-0.1, -0.05) is 74.2 Å². The lowest BCUT2D eigenvalue weighted by atomic mass is 9.95. The van der Waals surface area contributed by atoms with Crippen LogP contribution in [0, 0.1) is 6.92 Å². The second-order valence-corrected chi connectivity index (χ2v) is 9.04. The first kappa shape index (κ1) is 24.8. The Hall–Kier alpha value is -2.82. The molecule has 33 heavy (non-hydrogen) atoms. The highest BCUT2D eigenvalue weighted by molar-refractivity contribution is 5.87. The van der Waals surface area contributed by atoms with Crippen LogP contribution in [0.25, 0.3) is 0 Å². The summed E-state index contributed by atoms with van der Waals surface area (Å²) in [6.07, 6.45) is 7.19. The van der Waals surface area contributed by atoms with E-state index in [2.05, 4.69) is 5.32 Å². The Balaban J connectivity index is 1.61. The molecular weight excluding hydrogens is 412 g/mol. The van der Waals surface area contributed by atoms with E-state index in [1.807, 2.05) is 68.4 Å². The van der Waals surface area contributed by atoms with Gasteiger partial charge in [0.15, 0.2) is 0 Å². The number of rotatable bonds is 11. The summed E-state index contributed by atoms with van der Waals surface area (Å²) in [5.41, 5.74) is 2.22. The molecule has 1 atom stereocenters. The number of carbonyl (C=O) groups excluding carboxylic acids is 2. The van der Waals surface area contributed by atoms with Gasteiger partial charge in [-0.3, -0.25) is 9.59 Å². The second-order valence-electron chi connectivity index (χ2n) is 9.04. The Labute approximate surface area is 198 Å². The van der Waals surface area contributed by atoms with Crippen LogP contribution >= 0.6 is 0 Å². The predicted molar refractivity (Wildman–Crippen MR) is 132 cm³/mol. The van der Waals surface area contributed by atoms with Crippen molar-refractivity contribution in [1.82, 2.24) is 10.2 Å². The summed E-state index contributed by atoms with van der Waals surface area (Å²) >= 11 is 0. The molecular formula is C28H38N2O3.